The Kier molecular flexibility index (Phi) is 8.93. The lowest BCUT2D eigenvalue weighted by Crippen LogP contribution is -2.43. The quantitative estimate of drug-likeness (QED) is 0.656. The van der Waals surface area contributed by atoms with Crippen LogP contribution in [0.4, 0.5) is 0 Å². The number of hydrogen-bond acceptors (Lipinski definition) is 4. The highest BCUT2D eigenvalue weighted by Gasteiger charge is 2.14. The van der Waals surface area contributed by atoms with Crippen LogP contribution in [-0.4, -0.2) is 18.1 Å². The first kappa shape index (κ1) is 22.0. The van der Waals surface area contributed by atoms with Crippen molar-refractivity contribution in [3.05, 3.63) is 50.6 Å². The number of amides is 1. The van der Waals surface area contributed by atoms with Crippen molar-refractivity contribution in [2.75, 3.05) is 6.61 Å². The van der Waals surface area contributed by atoms with Crippen molar-refractivity contribution in [2.24, 2.45) is 0 Å². The Morgan fingerprint density at radius 2 is 2.00 bits per heavy atom. The summed E-state index contributed by atoms with van der Waals surface area (Å²) in [4.78, 5) is 13.2. The van der Waals surface area contributed by atoms with Gasteiger partial charge in [0.05, 0.1) is 0 Å². The summed E-state index contributed by atoms with van der Waals surface area (Å²) in [5, 5.41) is 8.37. The molecule has 2 rings (SSSR count). The van der Waals surface area contributed by atoms with Crippen molar-refractivity contribution in [1.82, 2.24) is 10.6 Å². The van der Waals surface area contributed by atoms with Crippen molar-refractivity contribution in [1.29, 1.82) is 0 Å². The van der Waals surface area contributed by atoms with Crippen molar-refractivity contribution in [2.45, 2.75) is 39.4 Å². The van der Waals surface area contributed by atoms with Gasteiger partial charge in [0, 0.05) is 33.5 Å². The molecular formula is C18H24BrClN2O2S. The van der Waals surface area contributed by atoms with Gasteiger partial charge in [-0.2, -0.15) is 0 Å². The van der Waals surface area contributed by atoms with E-state index in [4.69, 9.17) is 4.74 Å². The number of benzene rings is 1. The number of rotatable bonds is 7. The molecule has 2 aromatic rings. The second-order valence-electron chi connectivity index (χ2n) is 6.52. The third kappa shape index (κ3) is 8.23. The Labute approximate surface area is 167 Å². The molecule has 1 aromatic heterocycles. The molecule has 0 aliphatic carbocycles. The van der Waals surface area contributed by atoms with E-state index in [-0.39, 0.29) is 30.5 Å². The van der Waals surface area contributed by atoms with Crippen LogP contribution in [0.25, 0.3) is 0 Å². The summed E-state index contributed by atoms with van der Waals surface area (Å²) in [5.41, 5.74) is 0.759. The maximum absolute atomic E-state index is 11.9. The highest BCUT2D eigenvalue weighted by Crippen LogP contribution is 2.23. The van der Waals surface area contributed by atoms with E-state index in [1.54, 1.807) is 11.3 Å². The molecule has 0 bridgehead atoms. The molecule has 1 heterocycles. The molecule has 0 atom stereocenters. The topological polar surface area (TPSA) is 50.4 Å². The number of thiophene rings is 1. The second kappa shape index (κ2) is 10.2. The molecule has 1 amide bonds. The van der Waals surface area contributed by atoms with Crippen LogP contribution in [0.5, 0.6) is 5.75 Å². The van der Waals surface area contributed by atoms with Gasteiger partial charge in [-0.05, 0) is 50.4 Å². The highest BCUT2D eigenvalue weighted by molar-refractivity contribution is 9.10. The minimum atomic E-state index is -0.259. The van der Waals surface area contributed by atoms with Gasteiger partial charge in [-0.15, -0.1) is 23.7 Å². The van der Waals surface area contributed by atoms with Gasteiger partial charge in [0.2, 0.25) is 0 Å². The van der Waals surface area contributed by atoms with Crippen molar-refractivity contribution < 1.29 is 9.53 Å². The second-order valence-corrected chi connectivity index (χ2v) is 8.47. The van der Waals surface area contributed by atoms with Gasteiger partial charge < -0.3 is 15.4 Å². The van der Waals surface area contributed by atoms with E-state index in [2.05, 4.69) is 38.0 Å². The van der Waals surface area contributed by atoms with Crippen LogP contribution in [0.1, 0.15) is 31.2 Å². The van der Waals surface area contributed by atoms with Gasteiger partial charge in [0.15, 0.2) is 6.61 Å². The van der Waals surface area contributed by atoms with Crippen LogP contribution in [0, 0.1) is 0 Å². The van der Waals surface area contributed by atoms with Crippen molar-refractivity contribution >= 4 is 45.6 Å². The van der Waals surface area contributed by atoms with Crippen molar-refractivity contribution in [3.63, 3.8) is 0 Å². The summed E-state index contributed by atoms with van der Waals surface area (Å²) in [6.07, 6.45) is 0. The summed E-state index contributed by atoms with van der Waals surface area (Å²) in [7, 11) is 0. The summed E-state index contributed by atoms with van der Waals surface area (Å²) < 4.78 is 6.71. The Balaban J connectivity index is 0.00000312. The molecule has 0 aliphatic rings. The summed E-state index contributed by atoms with van der Waals surface area (Å²) >= 11 is 5.22. The van der Waals surface area contributed by atoms with Crippen molar-refractivity contribution in [3.8, 4) is 5.75 Å². The lowest BCUT2D eigenvalue weighted by molar-refractivity contribution is -0.124. The number of carbonyl (C=O) groups excluding carboxylic acids is 1. The number of ether oxygens (including phenoxy) is 1. The first-order valence-corrected chi connectivity index (χ1v) is 9.46. The lowest BCUT2D eigenvalue weighted by atomic mass is 10.1. The lowest BCUT2D eigenvalue weighted by Gasteiger charge is -2.21. The molecule has 0 saturated carbocycles. The molecule has 0 unspecified atom stereocenters. The molecule has 0 spiro atoms. The fraction of sp³-hybridized carbons (Fsp3) is 0.389. The first-order valence-electron chi connectivity index (χ1n) is 7.79. The molecule has 2 N–H and O–H groups in total. The summed E-state index contributed by atoms with van der Waals surface area (Å²) in [6.45, 7) is 7.35. The Bertz CT molecular complexity index is 672. The fourth-order valence-corrected chi connectivity index (χ4v) is 3.24. The number of hydrogen-bond donors (Lipinski definition) is 2. The molecule has 0 fully saturated rings. The zero-order valence-corrected chi connectivity index (χ0v) is 17.8. The first-order chi connectivity index (χ1) is 11.3. The number of carbonyl (C=O) groups is 1. The molecule has 4 nitrogen and oxygen atoms in total. The van der Waals surface area contributed by atoms with Crippen LogP contribution in [0.3, 0.4) is 0 Å². The largest absolute Gasteiger partial charge is 0.483 e. The monoisotopic (exact) mass is 446 g/mol. The van der Waals surface area contributed by atoms with E-state index >= 15 is 0 Å². The molecule has 0 aliphatic heterocycles. The molecule has 1 aromatic carbocycles. The SMILES string of the molecule is CC(C)(C)NC(=O)COc1ccc(Br)cc1CNCc1cccs1.Cl. The summed E-state index contributed by atoms with van der Waals surface area (Å²) in [6, 6.07) is 9.96. The van der Waals surface area contributed by atoms with Gasteiger partial charge in [0.1, 0.15) is 5.75 Å². The fourth-order valence-electron chi connectivity index (χ4n) is 2.16. The van der Waals surface area contributed by atoms with Crippen LogP contribution in [0.2, 0.25) is 0 Å². The third-order valence-corrected chi connectivity index (χ3v) is 4.46. The average molecular weight is 448 g/mol. The maximum Gasteiger partial charge on any atom is 0.258 e. The minimum Gasteiger partial charge on any atom is -0.483 e. The molecule has 138 valence electrons. The van der Waals surface area contributed by atoms with Gasteiger partial charge in [-0.1, -0.05) is 22.0 Å². The minimum absolute atomic E-state index is 0. The van der Waals surface area contributed by atoms with Gasteiger partial charge in [-0.25, -0.2) is 0 Å². The molecular weight excluding hydrogens is 424 g/mol. The highest BCUT2D eigenvalue weighted by atomic mass is 79.9. The smallest absolute Gasteiger partial charge is 0.258 e. The average Bonchev–Trinajstić information content (AvgIpc) is 2.98. The van der Waals surface area contributed by atoms with E-state index in [9.17, 15) is 4.79 Å². The predicted molar refractivity (Wildman–Crippen MR) is 110 cm³/mol. The molecule has 0 saturated heterocycles. The number of halogens is 2. The van der Waals surface area contributed by atoms with Crippen LogP contribution < -0.4 is 15.4 Å². The Hall–Kier alpha value is -1.08. The normalized spacial score (nSPS) is 10.9. The van der Waals surface area contributed by atoms with E-state index in [0.717, 1.165) is 22.3 Å². The third-order valence-electron chi connectivity index (χ3n) is 3.09. The predicted octanol–water partition coefficient (Wildman–Crippen LogP) is 4.52. The molecule has 7 heteroatoms. The molecule has 25 heavy (non-hydrogen) atoms. The van der Waals surface area contributed by atoms with Crippen LogP contribution in [-0.2, 0) is 17.9 Å². The standard InChI is InChI=1S/C18H23BrN2O2S.ClH/c1-18(2,3)21-17(22)12-23-16-7-6-14(19)9-13(16)10-20-11-15-5-4-8-24-15;/h4-9,20H,10-12H2,1-3H3,(H,21,22);1H. The van der Waals surface area contributed by atoms with Gasteiger partial charge in [-0.3, -0.25) is 4.79 Å². The summed E-state index contributed by atoms with van der Waals surface area (Å²) in [5.74, 6) is 0.601. The van der Waals surface area contributed by atoms with Gasteiger partial charge in [0.25, 0.3) is 5.91 Å². The van der Waals surface area contributed by atoms with Gasteiger partial charge >= 0.3 is 0 Å². The van der Waals surface area contributed by atoms with E-state index in [0.29, 0.717) is 6.54 Å². The van der Waals surface area contributed by atoms with Crippen LogP contribution in [0.15, 0.2) is 40.2 Å². The van der Waals surface area contributed by atoms with Crippen LogP contribution >= 0.6 is 39.7 Å². The Morgan fingerprint density at radius 1 is 1.24 bits per heavy atom. The molecule has 0 radical (unpaired) electrons. The maximum atomic E-state index is 11.9. The zero-order valence-electron chi connectivity index (χ0n) is 14.6. The number of nitrogens with one attached hydrogen (secondary N) is 2. The zero-order chi connectivity index (χ0) is 17.6. The van der Waals surface area contributed by atoms with E-state index < -0.39 is 0 Å². The Morgan fingerprint density at radius 3 is 2.64 bits per heavy atom. The van der Waals surface area contributed by atoms with E-state index in [1.165, 1.54) is 4.88 Å². The van der Waals surface area contributed by atoms with E-state index in [1.807, 2.05) is 45.0 Å².